The molecule has 3 nitrogen and oxygen atoms in total. The highest BCUT2D eigenvalue weighted by atomic mass is 35.5. The third kappa shape index (κ3) is 1.85. The number of nitrogens with two attached hydrogens (primary N) is 1. The number of hydrogen-bond donors (Lipinski definition) is 2. The average molecular weight is 284 g/mol. The summed E-state index contributed by atoms with van der Waals surface area (Å²) in [6.07, 6.45) is 1.41. The second-order valence-electron chi connectivity index (χ2n) is 6.14. The number of halogens is 2. The number of aliphatic carboxylic acids is 1. The first-order valence-corrected chi connectivity index (χ1v) is 6.62. The van der Waals surface area contributed by atoms with Crippen molar-refractivity contribution in [3.63, 3.8) is 0 Å². The highest BCUT2D eigenvalue weighted by molar-refractivity contribution is 6.30. The normalized spacial score (nSPS) is 40.6. The van der Waals surface area contributed by atoms with Crippen LogP contribution in [0.5, 0.6) is 0 Å². The molecule has 0 aliphatic heterocycles. The summed E-state index contributed by atoms with van der Waals surface area (Å²) in [4.78, 5) is 11.0. The van der Waals surface area contributed by atoms with E-state index in [9.17, 15) is 9.18 Å². The van der Waals surface area contributed by atoms with Crippen LogP contribution in [-0.2, 0) is 10.5 Å². The molecule has 0 saturated heterocycles. The molecular formula is C14H15ClFNO2. The van der Waals surface area contributed by atoms with Gasteiger partial charge in [-0.3, -0.25) is 4.79 Å². The summed E-state index contributed by atoms with van der Waals surface area (Å²) in [7, 11) is 0. The number of benzene rings is 1. The maximum Gasteiger partial charge on any atom is 0.323 e. The molecule has 1 spiro atoms. The van der Waals surface area contributed by atoms with Crippen molar-refractivity contribution in [3.8, 4) is 0 Å². The van der Waals surface area contributed by atoms with Gasteiger partial charge in [0.25, 0.3) is 0 Å². The number of rotatable bonds is 2. The minimum absolute atomic E-state index is 0.232. The molecule has 5 heteroatoms. The van der Waals surface area contributed by atoms with E-state index in [-0.39, 0.29) is 5.41 Å². The lowest BCUT2D eigenvalue weighted by Gasteiger charge is -2.62. The van der Waals surface area contributed by atoms with E-state index in [1.807, 2.05) is 0 Å². The number of hydrogen-bond acceptors (Lipinski definition) is 2. The molecule has 0 atom stereocenters. The van der Waals surface area contributed by atoms with E-state index >= 15 is 0 Å². The highest BCUT2D eigenvalue weighted by Gasteiger charge is 2.67. The van der Waals surface area contributed by atoms with Gasteiger partial charge in [-0.25, -0.2) is 4.39 Å². The number of carboxylic acids is 1. The van der Waals surface area contributed by atoms with Gasteiger partial charge in [-0.15, -0.1) is 0 Å². The van der Waals surface area contributed by atoms with Crippen LogP contribution in [0.4, 0.5) is 4.39 Å². The molecule has 2 saturated carbocycles. The van der Waals surface area contributed by atoms with Crippen LogP contribution >= 0.6 is 11.6 Å². The first kappa shape index (κ1) is 12.9. The van der Waals surface area contributed by atoms with Gasteiger partial charge in [0.05, 0.1) is 0 Å². The van der Waals surface area contributed by atoms with E-state index in [0.717, 1.165) is 0 Å². The molecule has 2 fully saturated rings. The van der Waals surface area contributed by atoms with Gasteiger partial charge >= 0.3 is 5.97 Å². The fourth-order valence-electron chi connectivity index (χ4n) is 3.80. The quantitative estimate of drug-likeness (QED) is 0.877. The van der Waals surface area contributed by atoms with Crippen molar-refractivity contribution in [2.75, 3.05) is 0 Å². The predicted molar refractivity (Wildman–Crippen MR) is 69.7 cm³/mol. The Bertz CT molecular complexity index is 546. The van der Waals surface area contributed by atoms with E-state index in [0.29, 0.717) is 36.3 Å². The Morgan fingerprint density at radius 3 is 2.47 bits per heavy atom. The molecule has 0 bridgehead atoms. The van der Waals surface area contributed by atoms with Crippen molar-refractivity contribution < 1.29 is 14.3 Å². The van der Waals surface area contributed by atoms with E-state index in [1.54, 1.807) is 24.3 Å². The van der Waals surface area contributed by atoms with Crippen LogP contribution in [0.1, 0.15) is 31.2 Å². The lowest BCUT2D eigenvalue weighted by Crippen LogP contribution is -2.68. The summed E-state index contributed by atoms with van der Waals surface area (Å²) >= 11 is 5.87. The largest absolute Gasteiger partial charge is 0.480 e. The molecule has 2 aliphatic carbocycles. The fourth-order valence-corrected chi connectivity index (χ4v) is 3.99. The maximum atomic E-state index is 14.7. The highest BCUT2D eigenvalue weighted by Crippen LogP contribution is 2.67. The first-order chi connectivity index (χ1) is 8.77. The summed E-state index contributed by atoms with van der Waals surface area (Å²) < 4.78 is 14.7. The minimum Gasteiger partial charge on any atom is -0.480 e. The molecule has 2 aliphatic rings. The Kier molecular flexibility index (Phi) is 2.51. The van der Waals surface area contributed by atoms with Gasteiger partial charge in [-0.1, -0.05) is 23.7 Å². The maximum absolute atomic E-state index is 14.7. The van der Waals surface area contributed by atoms with Crippen molar-refractivity contribution >= 4 is 17.6 Å². The zero-order valence-corrected chi connectivity index (χ0v) is 11.1. The number of carboxylic acid groups (broad SMARTS) is 1. The Balaban J connectivity index is 1.72. The predicted octanol–water partition coefficient (Wildman–Crippen LogP) is 2.86. The van der Waals surface area contributed by atoms with E-state index in [1.165, 1.54) is 0 Å². The van der Waals surface area contributed by atoms with Crippen LogP contribution < -0.4 is 5.73 Å². The molecular weight excluding hydrogens is 269 g/mol. The van der Waals surface area contributed by atoms with Crippen LogP contribution in [-0.4, -0.2) is 16.6 Å². The van der Waals surface area contributed by atoms with Crippen LogP contribution in [0, 0.1) is 5.41 Å². The van der Waals surface area contributed by atoms with Gasteiger partial charge < -0.3 is 10.8 Å². The number of carbonyl (C=O) groups is 1. The molecule has 3 N–H and O–H groups in total. The Hall–Kier alpha value is -1.13. The molecule has 1 aromatic rings. The monoisotopic (exact) mass is 283 g/mol. The summed E-state index contributed by atoms with van der Waals surface area (Å²) in [6.45, 7) is 0. The lowest BCUT2D eigenvalue weighted by atomic mass is 9.44. The lowest BCUT2D eigenvalue weighted by molar-refractivity contribution is -0.180. The van der Waals surface area contributed by atoms with Crippen LogP contribution in [0.3, 0.4) is 0 Å². The molecule has 102 valence electrons. The van der Waals surface area contributed by atoms with Gasteiger partial charge in [0.2, 0.25) is 0 Å². The van der Waals surface area contributed by atoms with Crippen molar-refractivity contribution in [1.82, 2.24) is 0 Å². The smallest absolute Gasteiger partial charge is 0.323 e. The standard InChI is InChI=1S/C14H15ClFNO2/c15-10-3-1-2-9(4-10)13(16)5-12(6-13)7-14(17,8-12)11(18)19/h1-4H,5-8,17H2,(H,18,19). The SMILES string of the molecule is NC1(C(=O)O)CC2(C1)CC(F)(c1cccc(Cl)c1)C2. The molecule has 19 heavy (non-hydrogen) atoms. The molecule has 0 radical (unpaired) electrons. The van der Waals surface area contributed by atoms with E-state index < -0.39 is 17.2 Å². The summed E-state index contributed by atoms with van der Waals surface area (Å²) in [5.41, 5.74) is 3.54. The van der Waals surface area contributed by atoms with Crippen LogP contribution in [0.2, 0.25) is 5.02 Å². The minimum atomic E-state index is -1.38. The van der Waals surface area contributed by atoms with E-state index in [2.05, 4.69) is 0 Å². The molecule has 0 aromatic heterocycles. The van der Waals surface area contributed by atoms with E-state index in [4.69, 9.17) is 22.4 Å². The van der Waals surface area contributed by atoms with Crippen molar-refractivity contribution in [2.45, 2.75) is 36.9 Å². The van der Waals surface area contributed by atoms with Gasteiger partial charge in [0.15, 0.2) is 0 Å². The van der Waals surface area contributed by atoms with Crippen LogP contribution in [0.25, 0.3) is 0 Å². The van der Waals surface area contributed by atoms with Crippen LogP contribution in [0.15, 0.2) is 24.3 Å². The fraction of sp³-hybridized carbons (Fsp3) is 0.500. The summed E-state index contributed by atoms with van der Waals surface area (Å²) in [5.74, 6) is -0.989. The average Bonchev–Trinajstić information content (AvgIpc) is 2.24. The third-order valence-electron chi connectivity index (χ3n) is 4.46. The van der Waals surface area contributed by atoms with Crippen molar-refractivity contribution in [1.29, 1.82) is 0 Å². The first-order valence-electron chi connectivity index (χ1n) is 6.24. The molecule has 3 rings (SSSR count). The zero-order chi connectivity index (χ0) is 13.9. The van der Waals surface area contributed by atoms with Gasteiger partial charge in [-0.05, 0) is 48.8 Å². The summed E-state index contributed by atoms with van der Waals surface area (Å²) in [6, 6.07) is 6.81. The molecule has 0 unspecified atom stereocenters. The summed E-state index contributed by atoms with van der Waals surface area (Å²) in [5, 5.41) is 9.51. The third-order valence-corrected chi connectivity index (χ3v) is 4.69. The Labute approximate surface area is 115 Å². The second kappa shape index (κ2) is 3.70. The number of alkyl halides is 1. The molecule has 0 heterocycles. The van der Waals surface area contributed by atoms with Crippen molar-refractivity contribution in [2.24, 2.45) is 11.1 Å². The van der Waals surface area contributed by atoms with Gasteiger partial charge in [0, 0.05) is 5.02 Å². The Morgan fingerprint density at radius 2 is 1.95 bits per heavy atom. The second-order valence-corrected chi connectivity index (χ2v) is 6.58. The molecule has 0 amide bonds. The van der Waals surface area contributed by atoms with Crippen molar-refractivity contribution in [3.05, 3.63) is 34.9 Å². The topological polar surface area (TPSA) is 63.3 Å². The van der Waals surface area contributed by atoms with Gasteiger partial charge in [-0.2, -0.15) is 0 Å². The zero-order valence-electron chi connectivity index (χ0n) is 10.3. The Morgan fingerprint density at radius 1 is 1.32 bits per heavy atom. The molecule has 1 aromatic carbocycles. The van der Waals surface area contributed by atoms with Gasteiger partial charge in [0.1, 0.15) is 11.2 Å².